The van der Waals surface area contributed by atoms with Gasteiger partial charge in [-0.3, -0.25) is 4.79 Å². The first-order valence-corrected chi connectivity index (χ1v) is 14.9. The lowest BCUT2D eigenvalue weighted by atomic mass is 9.97. The third kappa shape index (κ3) is 7.26. The summed E-state index contributed by atoms with van der Waals surface area (Å²) in [6.07, 6.45) is 0.893. The molecule has 6 heteroatoms. The fourth-order valence-corrected chi connectivity index (χ4v) is 7.04. The van der Waals surface area contributed by atoms with Gasteiger partial charge in [0.25, 0.3) is 0 Å². The minimum Gasteiger partial charge on any atom is -0.497 e. The molecule has 1 saturated heterocycles. The number of amides is 1. The van der Waals surface area contributed by atoms with E-state index < -0.39 is 0 Å². The number of carbonyl (C=O) groups excluding carboxylic acids is 1. The van der Waals surface area contributed by atoms with E-state index >= 15 is 0 Å². The van der Waals surface area contributed by atoms with Crippen molar-refractivity contribution in [3.63, 3.8) is 0 Å². The molecular formula is C31H37NO3S2. The molecule has 0 spiro atoms. The summed E-state index contributed by atoms with van der Waals surface area (Å²) in [4.78, 5) is 15.9. The van der Waals surface area contributed by atoms with Crippen molar-refractivity contribution in [2.45, 2.75) is 49.1 Å². The molecule has 0 unspecified atom stereocenters. The summed E-state index contributed by atoms with van der Waals surface area (Å²) >= 11 is 3.78. The summed E-state index contributed by atoms with van der Waals surface area (Å²) in [5.41, 5.74) is 3.71. The van der Waals surface area contributed by atoms with Crippen LogP contribution in [0.4, 0.5) is 0 Å². The molecule has 1 fully saturated rings. The molecular weight excluding hydrogens is 498 g/mol. The van der Waals surface area contributed by atoms with Gasteiger partial charge in [0.15, 0.2) is 0 Å². The third-order valence-electron chi connectivity index (χ3n) is 7.03. The lowest BCUT2D eigenvalue weighted by Crippen LogP contribution is -2.45. The standard InChI is InChI=1S/C31H37NO3S2/c1-31(2,37-21-25-12-16-28(35-4)17-13-25)29-18-26(22-36-20-24-10-14-27(34-3)15-11-24)30(33)32(29)19-23-8-6-5-7-9-23/h5-17,26,29H,18-22H2,1-4H3/t26-,29+/m0/s1. The van der Waals surface area contributed by atoms with Gasteiger partial charge in [-0.15, -0.1) is 11.8 Å². The quantitative estimate of drug-likeness (QED) is 0.248. The van der Waals surface area contributed by atoms with Gasteiger partial charge in [0.05, 0.1) is 14.2 Å². The Morgan fingerprint density at radius 2 is 1.38 bits per heavy atom. The van der Waals surface area contributed by atoms with E-state index in [2.05, 4.69) is 67.3 Å². The Balaban J connectivity index is 1.43. The summed E-state index contributed by atoms with van der Waals surface area (Å²) in [5, 5.41) is 0. The van der Waals surface area contributed by atoms with Crippen LogP contribution in [-0.2, 0) is 22.8 Å². The van der Waals surface area contributed by atoms with Crippen molar-refractivity contribution in [2.24, 2.45) is 5.92 Å². The van der Waals surface area contributed by atoms with Crippen LogP contribution in [0.1, 0.15) is 37.0 Å². The molecule has 4 nitrogen and oxygen atoms in total. The molecule has 1 heterocycles. The minimum absolute atomic E-state index is 0.0397. The Morgan fingerprint density at radius 1 is 0.811 bits per heavy atom. The van der Waals surface area contributed by atoms with E-state index in [1.165, 1.54) is 16.7 Å². The van der Waals surface area contributed by atoms with E-state index in [1.807, 2.05) is 53.9 Å². The van der Waals surface area contributed by atoms with Crippen LogP contribution >= 0.6 is 23.5 Å². The average molecular weight is 536 g/mol. The second-order valence-corrected chi connectivity index (χ2v) is 12.7. The highest BCUT2D eigenvalue weighted by atomic mass is 32.2. The lowest BCUT2D eigenvalue weighted by Gasteiger charge is -2.37. The van der Waals surface area contributed by atoms with Gasteiger partial charge in [-0.25, -0.2) is 0 Å². The van der Waals surface area contributed by atoms with Crippen LogP contribution in [0.5, 0.6) is 11.5 Å². The largest absolute Gasteiger partial charge is 0.497 e. The molecule has 3 aromatic rings. The molecule has 2 atom stereocenters. The van der Waals surface area contributed by atoms with Crippen molar-refractivity contribution in [1.29, 1.82) is 0 Å². The third-order valence-corrected chi connectivity index (χ3v) is 9.70. The zero-order chi connectivity index (χ0) is 26.3. The molecule has 0 bridgehead atoms. The van der Waals surface area contributed by atoms with Gasteiger partial charge >= 0.3 is 0 Å². The number of hydrogen-bond acceptors (Lipinski definition) is 5. The van der Waals surface area contributed by atoms with Crippen LogP contribution in [0.25, 0.3) is 0 Å². The number of carbonyl (C=O) groups is 1. The highest BCUT2D eigenvalue weighted by Gasteiger charge is 2.46. The van der Waals surface area contributed by atoms with Gasteiger partial charge in [-0.2, -0.15) is 11.8 Å². The molecule has 37 heavy (non-hydrogen) atoms. The number of hydrogen-bond donors (Lipinski definition) is 0. The first kappa shape index (κ1) is 27.5. The Kier molecular flexibility index (Phi) is 9.49. The molecule has 0 aliphatic carbocycles. The smallest absolute Gasteiger partial charge is 0.227 e. The Morgan fingerprint density at radius 3 is 1.95 bits per heavy atom. The van der Waals surface area contributed by atoms with Gasteiger partial charge < -0.3 is 14.4 Å². The van der Waals surface area contributed by atoms with Gasteiger partial charge in [0, 0.05) is 40.5 Å². The Labute approximate surface area is 230 Å². The number of rotatable bonds is 12. The van der Waals surface area contributed by atoms with Crippen molar-refractivity contribution in [2.75, 3.05) is 20.0 Å². The fourth-order valence-electron chi connectivity index (χ4n) is 4.78. The second kappa shape index (κ2) is 12.8. The maximum Gasteiger partial charge on any atom is 0.227 e. The molecule has 0 saturated carbocycles. The van der Waals surface area contributed by atoms with E-state index in [0.29, 0.717) is 6.54 Å². The Hall–Kier alpha value is -2.57. The summed E-state index contributed by atoms with van der Waals surface area (Å²) in [7, 11) is 3.38. The number of nitrogens with zero attached hydrogens (tertiary/aromatic N) is 1. The maximum absolute atomic E-state index is 13.7. The van der Waals surface area contributed by atoms with E-state index in [1.54, 1.807) is 14.2 Å². The highest BCUT2D eigenvalue weighted by Crippen LogP contribution is 2.42. The first-order chi connectivity index (χ1) is 17.9. The molecule has 1 amide bonds. The van der Waals surface area contributed by atoms with Crippen molar-refractivity contribution >= 4 is 29.4 Å². The molecule has 0 radical (unpaired) electrons. The molecule has 0 N–H and O–H groups in total. The van der Waals surface area contributed by atoms with Gasteiger partial charge in [-0.1, -0.05) is 54.6 Å². The van der Waals surface area contributed by atoms with Crippen LogP contribution in [-0.4, -0.2) is 41.6 Å². The lowest BCUT2D eigenvalue weighted by molar-refractivity contribution is -0.132. The maximum atomic E-state index is 13.7. The highest BCUT2D eigenvalue weighted by molar-refractivity contribution is 8.00. The van der Waals surface area contributed by atoms with E-state index in [0.717, 1.165) is 35.2 Å². The van der Waals surface area contributed by atoms with Gasteiger partial charge in [-0.05, 0) is 61.2 Å². The van der Waals surface area contributed by atoms with Gasteiger partial charge in [0.2, 0.25) is 5.91 Å². The van der Waals surface area contributed by atoms with Crippen molar-refractivity contribution in [3.05, 3.63) is 95.6 Å². The van der Waals surface area contributed by atoms with E-state index in [4.69, 9.17) is 9.47 Å². The Bertz CT molecular complexity index is 1130. The van der Waals surface area contributed by atoms with Crippen LogP contribution < -0.4 is 9.47 Å². The minimum atomic E-state index is -0.0836. The summed E-state index contributed by atoms with van der Waals surface area (Å²) in [6, 6.07) is 27.0. The fraction of sp³-hybridized carbons (Fsp3) is 0.387. The molecule has 3 aromatic carbocycles. The second-order valence-electron chi connectivity index (χ2n) is 10.0. The van der Waals surface area contributed by atoms with E-state index in [-0.39, 0.29) is 22.6 Å². The van der Waals surface area contributed by atoms with Crippen molar-refractivity contribution in [1.82, 2.24) is 4.90 Å². The number of methoxy groups -OCH3 is 2. The summed E-state index contributed by atoms with van der Waals surface area (Å²) in [5.74, 6) is 4.70. The molecule has 196 valence electrons. The van der Waals surface area contributed by atoms with Crippen molar-refractivity contribution < 1.29 is 14.3 Å². The van der Waals surface area contributed by atoms with Crippen LogP contribution in [0.3, 0.4) is 0 Å². The van der Waals surface area contributed by atoms with Crippen LogP contribution in [0.2, 0.25) is 0 Å². The first-order valence-electron chi connectivity index (χ1n) is 12.7. The number of benzene rings is 3. The van der Waals surface area contributed by atoms with Crippen LogP contribution in [0, 0.1) is 5.92 Å². The average Bonchev–Trinajstić information content (AvgIpc) is 3.24. The SMILES string of the molecule is COc1ccc(CSC[C@@H]2C[C@H](C(C)(C)SCc3ccc(OC)cc3)N(Cc3ccccc3)C2=O)cc1. The molecule has 4 rings (SSSR count). The molecule has 1 aliphatic rings. The predicted molar refractivity (Wildman–Crippen MR) is 156 cm³/mol. The normalized spacial score (nSPS) is 17.7. The van der Waals surface area contributed by atoms with Crippen molar-refractivity contribution in [3.8, 4) is 11.5 Å². The molecule has 0 aromatic heterocycles. The van der Waals surface area contributed by atoms with Crippen LogP contribution in [0.15, 0.2) is 78.9 Å². The predicted octanol–water partition coefficient (Wildman–Crippen LogP) is 7.07. The van der Waals surface area contributed by atoms with Gasteiger partial charge in [0.1, 0.15) is 11.5 Å². The zero-order valence-electron chi connectivity index (χ0n) is 22.2. The topological polar surface area (TPSA) is 38.8 Å². The molecule has 1 aliphatic heterocycles. The zero-order valence-corrected chi connectivity index (χ0v) is 23.8. The summed E-state index contributed by atoms with van der Waals surface area (Å²) < 4.78 is 10.5. The van der Waals surface area contributed by atoms with E-state index in [9.17, 15) is 4.79 Å². The number of thioether (sulfide) groups is 2. The monoisotopic (exact) mass is 535 g/mol. The number of likely N-dealkylation sites (tertiary alicyclic amines) is 1. The summed E-state index contributed by atoms with van der Waals surface area (Å²) in [6.45, 7) is 5.25. The number of ether oxygens (including phenoxy) is 2.